The molecule has 1 amide bonds. The number of amides is 1. The summed E-state index contributed by atoms with van der Waals surface area (Å²) < 4.78 is 0. The van der Waals surface area contributed by atoms with Crippen molar-refractivity contribution in [1.82, 2.24) is 10.2 Å². The zero-order valence-corrected chi connectivity index (χ0v) is 17.9. The third-order valence-corrected chi connectivity index (χ3v) is 7.41. The molecule has 25 heavy (non-hydrogen) atoms. The van der Waals surface area contributed by atoms with E-state index in [1.54, 1.807) is 0 Å². The molecule has 0 aromatic carbocycles. The van der Waals surface area contributed by atoms with E-state index < -0.39 is 0 Å². The summed E-state index contributed by atoms with van der Waals surface area (Å²) >= 11 is 0. The van der Waals surface area contributed by atoms with Crippen LogP contribution in [0, 0.1) is 16.7 Å². The van der Waals surface area contributed by atoms with Gasteiger partial charge in [-0.05, 0) is 70.1 Å². The summed E-state index contributed by atoms with van der Waals surface area (Å²) in [6.07, 6.45) is 7.91. The summed E-state index contributed by atoms with van der Waals surface area (Å²) in [5, 5.41) is 3.71. The maximum Gasteiger partial charge on any atom is 0.225 e. The van der Waals surface area contributed by atoms with Gasteiger partial charge in [-0.15, -0.1) is 0 Å². The van der Waals surface area contributed by atoms with Crippen molar-refractivity contribution in [3.8, 4) is 0 Å². The first-order valence-electron chi connectivity index (χ1n) is 10.5. The monoisotopic (exact) mass is 350 g/mol. The molecule has 1 saturated carbocycles. The molecule has 2 fully saturated rings. The molecule has 146 valence electrons. The van der Waals surface area contributed by atoms with Gasteiger partial charge in [0.05, 0.1) is 0 Å². The molecule has 3 heteroatoms. The van der Waals surface area contributed by atoms with Crippen LogP contribution in [0.4, 0.5) is 0 Å². The van der Waals surface area contributed by atoms with E-state index in [4.69, 9.17) is 0 Å². The Morgan fingerprint density at radius 1 is 1.04 bits per heavy atom. The number of hydrogen-bond acceptors (Lipinski definition) is 2. The SMILES string of the molecule is CCC(C)(C)C1(C)CCN(C(=O)C2CCC(NC(C)(C)C)CC2)CC1. The Morgan fingerprint density at radius 2 is 1.56 bits per heavy atom. The molecule has 1 N–H and O–H groups in total. The van der Waals surface area contributed by atoms with Crippen LogP contribution in [0.15, 0.2) is 0 Å². The van der Waals surface area contributed by atoms with Crippen molar-refractivity contribution in [3.63, 3.8) is 0 Å². The minimum absolute atomic E-state index is 0.172. The van der Waals surface area contributed by atoms with Gasteiger partial charge in [0.15, 0.2) is 0 Å². The zero-order valence-electron chi connectivity index (χ0n) is 17.9. The fourth-order valence-corrected chi connectivity index (χ4v) is 4.68. The van der Waals surface area contributed by atoms with Crippen LogP contribution < -0.4 is 5.32 Å². The van der Waals surface area contributed by atoms with Crippen molar-refractivity contribution >= 4 is 5.91 Å². The van der Waals surface area contributed by atoms with Crippen LogP contribution >= 0.6 is 0 Å². The predicted molar refractivity (Wildman–Crippen MR) is 107 cm³/mol. The number of nitrogens with zero attached hydrogens (tertiary/aromatic N) is 1. The lowest BCUT2D eigenvalue weighted by molar-refractivity contribution is -0.140. The van der Waals surface area contributed by atoms with Crippen molar-refractivity contribution in [2.24, 2.45) is 16.7 Å². The number of rotatable bonds is 4. The summed E-state index contributed by atoms with van der Waals surface area (Å²) in [5.74, 6) is 0.701. The van der Waals surface area contributed by atoms with Gasteiger partial charge < -0.3 is 10.2 Å². The van der Waals surface area contributed by atoms with Crippen molar-refractivity contribution in [2.75, 3.05) is 13.1 Å². The number of hydrogen-bond donors (Lipinski definition) is 1. The zero-order chi connectivity index (χ0) is 18.9. The second kappa shape index (κ2) is 7.58. The van der Waals surface area contributed by atoms with Gasteiger partial charge in [-0.1, -0.05) is 34.1 Å². The summed E-state index contributed by atoms with van der Waals surface area (Å²) in [7, 11) is 0. The summed E-state index contributed by atoms with van der Waals surface area (Å²) in [6, 6.07) is 0.582. The Balaban J connectivity index is 1.84. The van der Waals surface area contributed by atoms with Crippen molar-refractivity contribution < 1.29 is 4.79 Å². The molecule has 1 aliphatic carbocycles. The molecule has 0 spiro atoms. The molecule has 0 radical (unpaired) electrons. The standard InChI is InChI=1S/C22H42N2O/c1-8-21(5,6)22(7)13-15-24(16-14-22)19(25)17-9-11-18(12-10-17)23-20(2,3)4/h17-18,23H,8-16H2,1-7H3. The molecular formula is C22H42N2O. The Morgan fingerprint density at radius 3 is 2.00 bits per heavy atom. The van der Waals surface area contributed by atoms with E-state index in [1.807, 2.05) is 0 Å². The largest absolute Gasteiger partial charge is 0.342 e. The molecule has 3 nitrogen and oxygen atoms in total. The first kappa shape index (κ1) is 20.7. The fraction of sp³-hybridized carbons (Fsp3) is 0.955. The normalized spacial score (nSPS) is 28.0. The minimum atomic E-state index is 0.172. The Kier molecular flexibility index (Phi) is 6.29. The molecule has 2 rings (SSSR count). The second-order valence-electron chi connectivity index (χ2n) is 10.6. The summed E-state index contributed by atoms with van der Waals surface area (Å²) in [5.41, 5.74) is 0.899. The maximum absolute atomic E-state index is 13.0. The van der Waals surface area contributed by atoms with E-state index in [2.05, 4.69) is 58.7 Å². The lowest BCUT2D eigenvalue weighted by Crippen LogP contribution is -2.50. The predicted octanol–water partition coefficient (Wildman–Crippen LogP) is 5.00. The van der Waals surface area contributed by atoms with E-state index in [0.29, 0.717) is 22.8 Å². The van der Waals surface area contributed by atoms with Crippen LogP contribution in [0.5, 0.6) is 0 Å². The van der Waals surface area contributed by atoms with E-state index in [0.717, 1.165) is 51.6 Å². The number of likely N-dealkylation sites (tertiary alicyclic amines) is 1. The molecule has 2 aliphatic rings. The smallest absolute Gasteiger partial charge is 0.225 e. The van der Waals surface area contributed by atoms with Crippen LogP contribution in [-0.4, -0.2) is 35.5 Å². The molecule has 0 aromatic heterocycles. The average molecular weight is 351 g/mol. The highest BCUT2D eigenvalue weighted by molar-refractivity contribution is 5.79. The quantitative estimate of drug-likeness (QED) is 0.774. The average Bonchev–Trinajstić information content (AvgIpc) is 2.54. The van der Waals surface area contributed by atoms with Gasteiger partial charge in [0.25, 0.3) is 0 Å². The summed E-state index contributed by atoms with van der Waals surface area (Å²) in [4.78, 5) is 15.2. The minimum Gasteiger partial charge on any atom is -0.342 e. The van der Waals surface area contributed by atoms with Gasteiger partial charge in [-0.2, -0.15) is 0 Å². The second-order valence-corrected chi connectivity index (χ2v) is 10.6. The Labute approximate surface area is 156 Å². The van der Waals surface area contributed by atoms with Gasteiger partial charge in [0, 0.05) is 30.6 Å². The Hall–Kier alpha value is -0.570. The maximum atomic E-state index is 13.0. The number of carbonyl (C=O) groups is 1. The first-order chi connectivity index (χ1) is 11.5. The number of nitrogens with one attached hydrogen (secondary N) is 1. The van der Waals surface area contributed by atoms with Crippen molar-refractivity contribution in [2.45, 2.75) is 105 Å². The van der Waals surface area contributed by atoms with Gasteiger partial charge >= 0.3 is 0 Å². The van der Waals surface area contributed by atoms with Gasteiger partial charge in [0.2, 0.25) is 5.91 Å². The highest BCUT2D eigenvalue weighted by Crippen LogP contribution is 2.48. The Bertz CT molecular complexity index is 447. The highest BCUT2D eigenvalue weighted by Gasteiger charge is 2.43. The molecule has 0 aromatic rings. The number of carbonyl (C=O) groups excluding carboxylic acids is 1. The van der Waals surface area contributed by atoms with E-state index in [-0.39, 0.29) is 11.5 Å². The van der Waals surface area contributed by atoms with E-state index in [9.17, 15) is 4.79 Å². The highest BCUT2D eigenvalue weighted by atomic mass is 16.2. The van der Waals surface area contributed by atoms with Crippen LogP contribution in [0.2, 0.25) is 0 Å². The number of piperidine rings is 1. The molecule has 1 heterocycles. The molecule has 0 unspecified atom stereocenters. The first-order valence-corrected chi connectivity index (χ1v) is 10.5. The fourth-order valence-electron chi connectivity index (χ4n) is 4.68. The van der Waals surface area contributed by atoms with Crippen molar-refractivity contribution in [1.29, 1.82) is 0 Å². The molecule has 0 atom stereocenters. The molecule has 1 saturated heterocycles. The van der Waals surface area contributed by atoms with Crippen LogP contribution in [-0.2, 0) is 4.79 Å². The van der Waals surface area contributed by atoms with Gasteiger partial charge in [0.1, 0.15) is 0 Å². The third-order valence-electron chi connectivity index (χ3n) is 7.41. The summed E-state index contributed by atoms with van der Waals surface area (Å²) in [6.45, 7) is 18.1. The topological polar surface area (TPSA) is 32.3 Å². The third kappa shape index (κ3) is 4.99. The van der Waals surface area contributed by atoms with Crippen LogP contribution in [0.25, 0.3) is 0 Å². The van der Waals surface area contributed by atoms with Gasteiger partial charge in [-0.25, -0.2) is 0 Å². The van der Waals surface area contributed by atoms with Crippen LogP contribution in [0.1, 0.15) is 93.4 Å². The lowest BCUT2D eigenvalue weighted by Gasteiger charge is -2.50. The molecule has 0 bridgehead atoms. The van der Waals surface area contributed by atoms with Crippen molar-refractivity contribution in [3.05, 3.63) is 0 Å². The van der Waals surface area contributed by atoms with Crippen LogP contribution in [0.3, 0.4) is 0 Å². The van der Waals surface area contributed by atoms with E-state index in [1.165, 1.54) is 6.42 Å². The molecule has 1 aliphatic heterocycles. The lowest BCUT2D eigenvalue weighted by atomic mass is 9.60. The van der Waals surface area contributed by atoms with E-state index >= 15 is 0 Å². The molecular weight excluding hydrogens is 308 g/mol. The van der Waals surface area contributed by atoms with Gasteiger partial charge in [-0.3, -0.25) is 4.79 Å².